The Morgan fingerprint density at radius 1 is 0.935 bits per heavy atom. The van der Waals surface area contributed by atoms with Crippen molar-refractivity contribution in [1.29, 1.82) is 0 Å². The number of anilines is 1. The normalized spacial score (nSPS) is 22.6. The van der Waals surface area contributed by atoms with Crippen molar-refractivity contribution in [2.24, 2.45) is 5.92 Å². The van der Waals surface area contributed by atoms with E-state index >= 15 is 0 Å². The van der Waals surface area contributed by atoms with Gasteiger partial charge in [0.1, 0.15) is 5.82 Å². The van der Waals surface area contributed by atoms with Crippen molar-refractivity contribution < 1.29 is 22.0 Å². The average molecular weight is 435 g/mol. The number of halogens is 5. The zero-order valence-electron chi connectivity index (χ0n) is 17.5. The Morgan fingerprint density at radius 2 is 1.65 bits per heavy atom. The Bertz CT molecular complexity index is 999. The fourth-order valence-electron chi connectivity index (χ4n) is 5.49. The smallest absolute Gasteiger partial charge is 0.249 e. The van der Waals surface area contributed by atoms with E-state index < -0.39 is 11.8 Å². The van der Waals surface area contributed by atoms with E-state index in [0.717, 1.165) is 46.5 Å². The topological polar surface area (TPSA) is 3.24 Å². The lowest BCUT2D eigenvalue weighted by molar-refractivity contribution is -0.110. The third kappa shape index (κ3) is 4.06. The molecule has 1 nitrogen and oxygen atoms in total. The molecule has 0 spiro atoms. The Balaban J connectivity index is 1.44. The molecule has 0 atom stereocenters. The third-order valence-corrected chi connectivity index (χ3v) is 7.24. The van der Waals surface area contributed by atoms with E-state index in [4.69, 9.17) is 0 Å². The molecule has 0 aromatic heterocycles. The van der Waals surface area contributed by atoms with Gasteiger partial charge in [-0.15, -0.1) is 0 Å². The number of rotatable bonds is 4. The van der Waals surface area contributed by atoms with Crippen LogP contribution in [-0.2, 0) is 19.4 Å². The lowest BCUT2D eigenvalue weighted by Gasteiger charge is -2.40. The number of hydrogen-bond acceptors (Lipinski definition) is 1. The molecule has 166 valence electrons. The summed E-state index contributed by atoms with van der Waals surface area (Å²) in [6, 6.07) is 8.92. The lowest BCUT2D eigenvalue weighted by Crippen LogP contribution is -2.38. The highest BCUT2D eigenvalue weighted by Crippen LogP contribution is 2.51. The Morgan fingerprint density at radius 3 is 2.32 bits per heavy atom. The summed E-state index contributed by atoms with van der Waals surface area (Å²) in [7, 11) is 0. The largest absolute Gasteiger partial charge is 0.367 e. The molecule has 2 aromatic rings. The van der Waals surface area contributed by atoms with E-state index in [1.54, 1.807) is 6.07 Å². The summed E-state index contributed by atoms with van der Waals surface area (Å²) in [5.74, 6) is -5.76. The minimum atomic E-state index is -2.64. The summed E-state index contributed by atoms with van der Waals surface area (Å²) in [4.78, 5) is 2.20. The molecule has 1 aliphatic heterocycles. The van der Waals surface area contributed by atoms with Gasteiger partial charge in [0.25, 0.3) is 0 Å². The summed E-state index contributed by atoms with van der Waals surface area (Å²) < 4.78 is 67.6. The Labute approximate surface area is 179 Å². The summed E-state index contributed by atoms with van der Waals surface area (Å²) in [5, 5.41) is 0. The maximum Gasteiger partial charge on any atom is 0.249 e. The van der Waals surface area contributed by atoms with Crippen LogP contribution in [0.25, 0.3) is 0 Å². The minimum absolute atomic E-state index is 0.0874. The van der Waals surface area contributed by atoms with Gasteiger partial charge in [0.2, 0.25) is 11.8 Å². The van der Waals surface area contributed by atoms with Crippen molar-refractivity contribution in [1.82, 2.24) is 0 Å². The van der Waals surface area contributed by atoms with Gasteiger partial charge in [-0.3, -0.25) is 0 Å². The highest BCUT2D eigenvalue weighted by atomic mass is 19.3. The van der Waals surface area contributed by atoms with Gasteiger partial charge in [0, 0.05) is 44.5 Å². The van der Waals surface area contributed by atoms with Crippen LogP contribution < -0.4 is 4.90 Å². The highest BCUT2D eigenvalue weighted by Gasteiger charge is 2.48. The van der Waals surface area contributed by atoms with Crippen LogP contribution >= 0.6 is 0 Å². The van der Waals surface area contributed by atoms with Crippen molar-refractivity contribution in [2.45, 2.75) is 69.8 Å². The first-order valence-electron chi connectivity index (χ1n) is 11.0. The van der Waals surface area contributed by atoms with E-state index in [1.165, 1.54) is 6.07 Å². The third-order valence-electron chi connectivity index (χ3n) is 7.24. The molecule has 0 radical (unpaired) electrons. The first-order valence-corrected chi connectivity index (χ1v) is 11.0. The summed E-state index contributed by atoms with van der Waals surface area (Å²) in [6.45, 7) is 3.33. The SMILES string of the molecule is Cc1cc(N2CCc3cc(F)ccc3C2)cc(C2CC(F)(F)C2)c1CC1CC(F)(F)C1. The predicted octanol–water partition coefficient (Wildman–Crippen LogP) is 6.80. The molecule has 2 saturated carbocycles. The number of aryl methyl sites for hydroxylation is 1. The number of hydrogen-bond donors (Lipinski definition) is 0. The van der Waals surface area contributed by atoms with Crippen molar-refractivity contribution >= 4 is 5.69 Å². The fraction of sp³-hybridized carbons (Fsp3) is 0.520. The molecule has 2 aliphatic carbocycles. The van der Waals surface area contributed by atoms with E-state index in [1.807, 2.05) is 19.1 Å². The van der Waals surface area contributed by atoms with Gasteiger partial charge in [-0.25, -0.2) is 22.0 Å². The lowest BCUT2D eigenvalue weighted by atomic mass is 9.70. The number of benzene rings is 2. The standard InChI is InChI=1S/C25H26F5N/c1-15-6-21(31-5-4-17-8-20(26)3-2-18(17)14-31)9-23(19-12-25(29,30)13-19)22(15)7-16-10-24(27,28)11-16/h2-3,6,8-9,16,19H,4-5,7,10-14H2,1H3. The Kier molecular flexibility index (Phi) is 4.83. The molecule has 5 rings (SSSR count). The van der Waals surface area contributed by atoms with Crippen LogP contribution in [0.4, 0.5) is 27.6 Å². The summed E-state index contributed by atoms with van der Waals surface area (Å²) >= 11 is 0. The van der Waals surface area contributed by atoms with Gasteiger partial charge < -0.3 is 4.90 Å². The van der Waals surface area contributed by atoms with Gasteiger partial charge in [0.05, 0.1) is 0 Å². The zero-order chi connectivity index (χ0) is 22.0. The van der Waals surface area contributed by atoms with Crippen LogP contribution in [0.1, 0.15) is 59.4 Å². The summed E-state index contributed by atoms with van der Waals surface area (Å²) in [6.07, 6.45) is 0.669. The van der Waals surface area contributed by atoms with E-state index in [0.29, 0.717) is 13.0 Å². The van der Waals surface area contributed by atoms with Crippen LogP contribution in [0.2, 0.25) is 0 Å². The van der Waals surface area contributed by atoms with Crippen LogP contribution in [0.5, 0.6) is 0 Å². The Hall–Kier alpha value is -2.11. The van der Waals surface area contributed by atoms with Crippen molar-refractivity contribution in [3.05, 3.63) is 64.0 Å². The van der Waals surface area contributed by atoms with Gasteiger partial charge >= 0.3 is 0 Å². The molecule has 0 saturated heterocycles. The number of nitrogens with zero attached hydrogens (tertiary/aromatic N) is 1. The molecule has 0 N–H and O–H groups in total. The highest BCUT2D eigenvalue weighted by molar-refractivity contribution is 5.57. The number of fused-ring (bicyclic) bond motifs is 1. The second kappa shape index (κ2) is 7.21. The van der Waals surface area contributed by atoms with Crippen molar-refractivity contribution in [3.63, 3.8) is 0 Å². The van der Waals surface area contributed by atoms with E-state index in [-0.39, 0.29) is 43.3 Å². The minimum Gasteiger partial charge on any atom is -0.367 e. The zero-order valence-corrected chi connectivity index (χ0v) is 17.5. The number of alkyl halides is 4. The fourth-order valence-corrected chi connectivity index (χ4v) is 5.49. The first-order chi connectivity index (χ1) is 14.6. The van der Waals surface area contributed by atoms with Gasteiger partial charge in [0.15, 0.2) is 0 Å². The summed E-state index contributed by atoms with van der Waals surface area (Å²) in [5.41, 5.74) is 5.92. The van der Waals surface area contributed by atoms with Crippen LogP contribution in [-0.4, -0.2) is 18.4 Å². The molecule has 3 aliphatic rings. The molecule has 2 fully saturated rings. The molecular formula is C25H26F5N. The van der Waals surface area contributed by atoms with Gasteiger partial charge in [-0.05, 0) is 83.7 Å². The van der Waals surface area contributed by atoms with Gasteiger partial charge in [-0.2, -0.15) is 0 Å². The quantitative estimate of drug-likeness (QED) is 0.478. The second-order valence-electron chi connectivity index (χ2n) is 9.71. The van der Waals surface area contributed by atoms with Crippen LogP contribution in [0, 0.1) is 18.7 Å². The molecule has 0 bridgehead atoms. The van der Waals surface area contributed by atoms with Gasteiger partial charge in [-0.1, -0.05) is 6.07 Å². The molecule has 0 amide bonds. The monoisotopic (exact) mass is 435 g/mol. The molecular weight excluding hydrogens is 409 g/mol. The van der Waals surface area contributed by atoms with E-state index in [9.17, 15) is 22.0 Å². The maximum atomic E-state index is 13.7. The first kappa shape index (κ1) is 20.8. The van der Waals surface area contributed by atoms with E-state index in [2.05, 4.69) is 11.0 Å². The van der Waals surface area contributed by atoms with Crippen molar-refractivity contribution in [2.75, 3.05) is 11.4 Å². The molecule has 1 heterocycles. The second-order valence-corrected chi connectivity index (χ2v) is 9.71. The molecule has 31 heavy (non-hydrogen) atoms. The maximum absolute atomic E-state index is 13.7. The molecule has 6 heteroatoms. The molecule has 0 unspecified atom stereocenters. The average Bonchev–Trinajstić information content (AvgIpc) is 2.65. The van der Waals surface area contributed by atoms with Crippen molar-refractivity contribution in [3.8, 4) is 0 Å². The van der Waals surface area contributed by atoms with Crippen LogP contribution in [0.15, 0.2) is 30.3 Å². The van der Waals surface area contributed by atoms with Crippen LogP contribution in [0.3, 0.4) is 0 Å². The molecule has 2 aromatic carbocycles. The predicted molar refractivity (Wildman–Crippen MR) is 111 cm³/mol.